The summed E-state index contributed by atoms with van der Waals surface area (Å²) in [4.78, 5) is 33.5. The van der Waals surface area contributed by atoms with Gasteiger partial charge in [-0.1, -0.05) is 6.92 Å². The number of nitrogens with zero attached hydrogens (tertiary/aromatic N) is 4. The molecule has 4 rings (SSSR count). The summed E-state index contributed by atoms with van der Waals surface area (Å²) in [6.07, 6.45) is -2.00. The number of rotatable bonds is 4. The minimum absolute atomic E-state index is 0.851. The highest BCUT2D eigenvalue weighted by atomic mass is 19.4. The lowest BCUT2D eigenvalue weighted by Crippen LogP contribution is -2.25. The van der Waals surface area contributed by atoms with Gasteiger partial charge in [-0.25, -0.2) is 19.6 Å². The second kappa shape index (κ2) is 13.7. The van der Waals surface area contributed by atoms with Crippen molar-refractivity contribution in [3.8, 4) is 11.3 Å². The van der Waals surface area contributed by atoms with Gasteiger partial charge in [0, 0.05) is 55.1 Å². The van der Waals surface area contributed by atoms with E-state index in [1.165, 1.54) is 5.56 Å². The van der Waals surface area contributed by atoms with Crippen LogP contribution in [0.4, 0.5) is 26.3 Å². The zero-order valence-corrected chi connectivity index (χ0v) is 20.5. The number of alkyl halides is 6. The zero-order valence-electron chi connectivity index (χ0n) is 20.5. The fourth-order valence-electron chi connectivity index (χ4n) is 3.40. The number of aromatic nitrogens is 3. The first-order chi connectivity index (χ1) is 18.2. The third-order valence-electron chi connectivity index (χ3n) is 5.24. The van der Waals surface area contributed by atoms with Crippen LogP contribution in [0.15, 0.2) is 47.4 Å². The quantitative estimate of drug-likeness (QED) is 0.440. The van der Waals surface area contributed by atoms with Gasteiger partial charge in [0.1, 0.15) is 17.8 Å². The van der Waals surface area contributed by atoms with Crippen molar-refractivity contribution >= 4 is 11.9 Å². The maximum atomic E-state index is 10.6. The molecule has 1 aliphatic heterocycles. The molecule has 0 aromatic carbocycles. The summed E-state index contributed by atoms with van der Waals surface area (Å²) in [5.74, 6) is -3.42. The number of fused-ring (bicyclic) bond motifs is 1. The highest BCUT2D eigenvalue weighted by Crippen LogP contribution is 2.25. The Bertz CT molecular complexity index is 1210. The first-order valence-corrected chi connectivity index (χ1v) is 11.4. The van der Waals surface area contributed by atoms with E-state index in [9.17, 15) is 26.3 Å². The largest absolute Gasteiger partial charge is 0.490 e. The standard InChI is InChI=1S/C20H22N4O.2C2HF3O2/c1-2-16-5-6-17(25-16)13-24-10-7-18-19(8-11-24)22-14-23-20(18)15-4-3-9-21-12-15;2*3-2(4,5)1(6)7/h3-6,9,12,14H,2,7-8,10-11,13H2,1H3;2*(H,6,7). The minimum atomic E-state index is -5.08. The average Bonchev–Trinajstić information content (AvgIpc) is 3.23. The van der Waals surface area contributed by atoms with Gasteiger partial charge in [0.25, 0.3) is 0 Å². The number of pyridine rings is 1. The lowest BCUT2D eigenvalue weighted by atomic mass is 10.0. The molecule has 1 aliphatic rings. The van der Waals surface area contributed by atoms with Crippen LogP contribution < -0.4 is 0 Å². The van der Waals surface area contributed by atoms with E-state index in [1.54, 1.807) is 12.5 Å². The molecule has 0 bridgehead atoms. The Balaban J connectivity index is 0.000000317. The molecule has 39 heavy (non-hydrogen) atoms. The lowest BCUT2D eigenvalue weighted by molar-refractivity contribution is -0.193. The fourth-order valence-corrected chi connectivity index (χ4v) is 3.40. The van der Waals surface area contributed by atoms with E-state index in [4.69, 9.17) is 24.2 Å². The van der Waals surface area contributed by atoms with Crippen LogP contribution in [0.1, 0.15) is 29.7 Å². The van der Waals surface area contributed by atoms with Gasteiger partial charge in [-0.15, -0.1) is 0 Å². The van der Waals surface area contributed by atoms with Crippen LogP contribution >= 0.6 is 0 Å². The molecule has 0 saturated carbocycles. The molecular weight excluding hydrogens is 538 g/mol. The van der Waals surface area contributed by atoms with Gasteiger partial charge in [0.2, 0.25) is 0 Å². The summed E-state index contributed by atoms with van der Waals surface area (Å²) < 4.78 is 69.3. The van der Waals surface area contributed by atoms with Gasteiger partial charge >= 0.3 is 24.3 Å². The Morgan fingerprint density at radius 2 is 1.54 bits per heavy atom. The second-order valence-corrected chi connectivity index (χ2v) is 7.99. The van der Waals surface area contributed by atoms with Gasteiger partial charge in [-0.3, -0.25) is 9.88 Å². The first-order valence-electron chi connectivity index (χ1n) is 11.4. The second-order valence-electron chi connectivity index (χ2n) is 7.99. The van der Waals surface area contributed by atoms with E-state index < -0.39 is 24.3 Å². The van der Waals surface area contributed by atoms with Crippen LogP contribution in [-0.2, 0) is 35.4 Å². The highest BCUT2D eigenvalue weighted by Gasteiger charge is 2.38. The molecule has 0 amide bonds. The molecule has 2 N–H and O–H groups in total. The van der Waals surface area contributed by atoms with Crippen LogP contribution in [-0.4, -0.2) is 67.4 Å². The SMILES string of the molecule is CCc1ccc(CN2CCc3ncnc(-c4cccnc4)c3CC2)o1.O=C(O)C(F)(F)F.O=C(O)C(F)(F)F. The van der Waals surface area contributed by atoms with E-state index in [2.05, 4.69) is 45.0 Å². The van der Waals surface area contributed by atoms with Crippen molar-refractivity contribution in [2.24, 2.45) is 0 Å². The summed E-state index contributed by atoms with van der Waals surface area (Å²) in [5.41, 5.74) is 4.50. The fraction of sp³-hybridized carbons (Fsp3) is 0.375. The Morgan fingerprint density at radius 1 is 0.949 bits per heavy atom. The van der Waals surface area contributed by atoms with E-state index in [-0.39, 0.29) is 0 Å². The molecule has 0 fully saturated rings. The summed E-state index contributed by atoms with van der Waals surface area (Å²) in [5, 5.41) is 14.2. The summed E-state index contributed by atoms with van der Waals surface area (Å²) in [6.45, 7) is 4.93. The van der Waals surface area contributed by atoms with Gasteiger partial charge in [0.05, 0.1) is 12.2 Å². The zero-order chi connectivity index (χ0) is 29.2. The number of furan rings is 1. The number of carboxylic acids is 2. The first kappa shape index (κ1) is 31.2. The molecule has 212 valence electrons. The number of carboxylic acid groups (broad SMARTS) is 2. The van der Waals surface area contributed by atoms with E-state index in [0.29, 0.717) is 0 Å². The van der Waals surface area contributed by atoms with Gasteiger partial charge in [-0.2, -0.15) is 26.3 Å². The molecule has 0 atom stereocenters. The molecule has 0 aliphatic carbocycles. The van der Waals surface area contributed by atoms with Crippen molar-refractivity contribution in [2.45, 2.75) is 45.1 Å². The molecule has 0 saturated heterocycles. The number of carbonyl (C=O) groups is 2. The van der Waals surface area contributed by atoms with E-state index in [1.807, 2.05) is 12.3 Å². The lowest BCUT2D eigenvalue weighted by Gasteiger charge is -2.18. The van der Waals surface area contributed by atoms with E-state index >= 15 is 0 Å². The monoisotopic (exact) mass is 562 g/mol. The number of aliphatic carboxylic acids is 2. The molecule has 0 radical (unpaired) electrons. The van der Waals surface area contributed by atoms with Crippen LogP contribution in [0.5, 0.6) is 0 Å². The third kappa shape index (κ3) is 10.00. The van der Waals surface area contributed by atoms with Crippen molar-refractivity contribution in [3.63, 3.8) is 0 Å². The van der Waals surface area contributed by atoms with Crippen molar-refractivity contribution in [3.05, 3.63) is 65.8 Å². The van der Waals surface area contributed by atoms with Crippen LogP contribution in [0.25, 0.3) is 11.3 Å². The maximum absolute atomic E-state index is 10.6. The van der Waals surface area contributed by atoms with Crippen molar-refractivity contribution in [2.75, 3.05) is 13.1 Å². The molecule has 15 heteroatoms. The molecule has 9 nitrogen and oxygen atoms in total. The smallest absolute Gasteiger partial charge is 0.475 e. The average molecular weight is 562 g/mol. The van der Waals surface area contributed by atoms with Crippen LogP contribution in [0.3, 0.4) is 0 Å². The van der Waals surface area contributed by atoms with Crippen LogP contribution in [0.2, 0.25) is 0 Å². The molecule has 3 aromatic heterocycles. The summed E-state index contributed by atoms with van der Waals surface area (Å²) in [6, 6.07) is 8.19. The Labute approximate surface area is 218 Å². The maximum Gasteiger partial charge on any atom is 0.490 e. The van der Waals surface area contributed by atoms with Gasteiger partial charge in [0.15, 0.2) is 0 Å². The predicted molar refractivity (Wildman–Crippen MR) is 123 cm³/mol. The number of halogens is 6. The highest BCUT2D eigenvalue weighted by molar-refractivity contribution is 5.73. The molecule has 4 heterocycles. The minimum Gasteiger partial charge on any atom is -0.475 e. The van der Waals surface area contributed by atoms with Gasteiger partial charge in [-0.05, 0) is 30.7 Å². The van der Waals surface area contributed by atoms with Crippen molar-refractivity contribution in [1.82, 2.24) is 19.9 Å². The number of aryl methyl sites for hydroxylation is 1. The number of hydrogen-bond acceptors (Lipinski definition) is 7. The molecular formula is C24H24F6N4O5. The summed E-state index contributed by atoms with van der Waals surface area (Å²) >= 11 is 0. The predicted octanol–water partition coefficient (Wildman–Crippen LogP) is 4.56. The van der Waals surface area contributed by atoms with Gasteiger partial charge < -0.3 is 14.6 Å². The molecule has 0 unspecified atom stereocenters. The molecule has 3 aromatic rings. The normalized spacial score (nSPS) is 13.6. The summed E-state index contributed by atoms with van der Waals surface area (Å²) in [7, 11) is 0. The van der Waals surface area contributed by atoms with Crippen LogP contribution in [0, 0.1) is 0 Å². The Morgan fingerprint density at radius 3 is 2.05 bits per heavy atom. The molecule has 0 spiro atoms. The topological polar surface area (TPSA) is 130 Å². The number of hydrogen-bond donors (Lipinski definition) is 2. The van der Waals surface area contributed by atoms with Crippen molar-refractivity contribution in [1.29, 1.82) is 0 Å². The Kier molecular flexibility index (Phi) is 11.0. The van der Waals surface area contributed by atoms with E-state index in [0.717, 1.165) is 67.4 Å². The van der Waals surface area contributed by atoms with Crippen molar-refractivity contribution < 1.29 is 50.6 Å². The third-order valence-corrected chi connectivity index (χ3v) is 5.24. The Hall–Kier alpha value is -4.01.